The molecule has 0 heterocycles. The molecule has 0 radical (unpaired) electrons. The molecule has 0 bridgehead atoms. The van der Waals surface area contributed by atoms with Crippen molar-refractivity contribution in [2.75, 3.05) is 13.2 Å². The Morgan fingerprint density at radius 2 is 1.89 bits per heavy atom. The van der Waals surface area contributed by atoms with Gasteiger partial charge in [0.15, 0.2) is 0 Å². The van der Waals surface area contributed by atoms with E-state index in [1.807, 2.05) is 6.92 Å². The summed E-state index contributed by atoms with van der Waals surface area (Å²) in [6.45, 7) is 10.4. The zero-order valence-electron chi connectivity index (χ0n) is 12.2. The van der Waals surface area contributed by atoms with Crippen molar-refractivity contribution in [2.24, 2.45) is 5.41 Å². The third-order valence-electron chi connectivity index (χ3n) is 2.88. The zero-order chi connectivity index (χ0) is 15.1. The number of esters is 2. The van der Waals surface area contributed by atoms with Gasteiger partial charge < -0.3 is 14.6 Å². The second kappa shape index (κ2) is 7.94. The van der Waals surface area contributed by atoms with Gasteiger partial charge in [0.25, 0.3) is 0 Å². The molecule has 0 aliphatic rings. The molecule has 0 spiro atoms. The predicted octanol–water partition coefficient (Wildman–Crippen LogP) is 1.84. The minimum Gasteiger partial charge on any atom is -0.463 e. The van der Waals surface area contributed by atoms with Crippen molar-refractivity contribution in [3.63, 3.8) is 0 Å². The molecule has 0 amide bonds. The molecule has 0 fully saturated rings. The van der Waals surface area contributed by atoms with Crippen LogP contribution in [0, 0.1) is 5.41 Å². The van der Waals surface area contributed by atoms with E-state index in [4.69, 9.17) is 9.47 Å². The van der Waals surface area contributed by atoms with Gasteiger partial charge in [0.05, 0.1) is 18.1 Å². The van der Waals surface area contributed by atoms with Gasteiger partial charge in [0.1, 0.15) is 6.61 Å². The molecule has 110 valence electrons. The Labute approximate surface area is 114 Å². The van der Waals surface area contributed by atoms with Crippen molar-refractivity contribution in [3.8, 4) is 0 Å². The smallest absolute Gasteiger partial charge is 0.333 e. The lowest BCUT2D eigenvalue weighted by Gasteiger charge is -2.21. The number of aliphatic hydroxyl groups excluding tert-OH is 1. The molecule has 0 rings (SSSR count). The van der Waals surface area contributed by atoms with Crippen molar-refractivity contribution in [1.29, 1.82) is 0 Å². The van der Waals surface area contributed by atoms with Crippen LogP contribution in [0.2, 0.25) is 0 Å². The first-order valence-electron chi connectivity index (χ1n) is 6.38. The average Bonchev–Trinajstić information content (AvgIpc) is 2.35. The summed E-state index contributed by atoms with van der Waals surface area (Å²) in [5.41, 5.74) is -0.239. The van der Waals surface area contributed by atoms with Crippen LogP contribution < -0.4 is 0 Å². The van der Waals surface area contributed by atoms with Crippen LogP contribution in [0.15, 0.2) is 12.2 Å². The topological polar surface area (TPSA) is 72.8 Å². The van der Waals surface area contributed by atoms with Gasteiger partial charge in [-0.05, 0) is 27.2 Å². The van der Waals surface area contributed by atoms with Crippen LogP contribution >= 0.6 is 0 Å². The lowest BCUT2D eigenvalue weighted by atomic mass is 9.91. The number of hydrogen-bond acceptors (Lipinski definition) is 5. The first kappa shape index (κ1) is 17.6. The largest absolute Gasteiger partial charge is 0.463 e. The van der Waals surface area contributed by atoms with E-state index in [-0.39, 0.29) is 25.6 Å². The van der Waals surface area contributed by atoms with E-state index < -0.39 is 17.5 Å². The van der Waals surface area contributed by atoms with E-state index in [9.17, 15) is 14.7 Å². The first-order chi connectivity index (χ1) is 8.70. The van der Waals surface area contributed by atoms with E-state index in [1.165, 1.54) is 0 Å². The third kappa shape index (κ3) is 6.96. The lowest BCUT2D eigenvalue weighted by Crippen LogP contribution is -2.29. The van der Waals surface area contributed by atoms with Gasteiger partial charge in [0, 0.05) is 12.0 Å². The molecule has 19 heavy (non-hydrogen) atoms. The Balaban J connectivity index is 3.88. The quantitative estimate of drug-likeness (QED) is 0.539. The van der Waals surface area contributed by atoms with E-state index >= 15 is 0 Å². The average molecular weight is 272 g/mol. The molecule has 0 aliphatic carbocycles. The van der Waals surface area contributed by atoms with Crippen molar-refractivity contribution in [2.45, 2.75) is 46.6 Å². The monoisotopic (exact) mass is 272 g/mol. The molecule has 0 aromatic heterocycles. The minimum absolute atomic E-state index is 0.0710. The minimum atomic E-state index is -0.838. The van der Waals surface area contributed by atoms with E-state index in [1.54, 1.807) is 20.8 Å². The van der Waals surface area contributed by atoms with Crippen LogP contribution in [0.5, 0.6) is 0 Å². The summed E-state index contributed by atoms with van der Waals surface area (Å²) >= 11 is 0. The van der Waals surface area contributed by atoms with Gasteiger partial charge in [-0.25, -0.2) is 4.79 Å². The number of aliphatic hydroxyl groups is 1. The molecule has 1 atom stereocenters. The standard InChI is InChI=1S/C14H24O5/c1-6-14(4,5)13(17)19-9-11(15)7-8-18-12(16)10(2)3/h11,15H,2,6-9H2,1,3-5H3. The van der Waals surface area contributed by atoms with Crippen molar-refractivity contribution >= 4 is 11.9 Å². The van der Waals surface area contributed by atoms with Crippen molar-refractivity contribution in [3.05, 3.63) is 12.2 Å². The van der Waals surface area contributed by atoms with Crippen LogP contribution in [0.4, 0.5) is 0 Å². The number of carbonyl (C=O) groups excluding carboxylic acids is 2. The Morgan fingerprint density at radius 1 is 1.32 bits per heavy atom. The Morgan fingerprint density at radius 3 is 2.37 bits per heavy atom. The molecule has 5 heteroatoms. The second-order valence-corrected chi connectivity index (χ2v) is 5.19. The maximum atomic E-state index is 11.6. The first-order valence-corrected chi connectivity index (χ1v) is 6.38. The van der Waals surface area contributed by atoms with Crippen LogP contribution in [-0.4, -0.2) is 36.4 Å². The SMILES string of the molecule is C=C(C)C(=O)OCCC(O)COC(=O)C(C)(C)CC. The normalized spacial score (nSPS) is 12.7. The zero-order valence-corrected chi connectivity index (χ0v) is 12.2. The molecular weight excluding hydrogens is 248 g/mol. The summed E-state index contributed by atoms with van der Waals surface area (Å²) < 4.78 is 9.85. The molecule has 5 nitrogen and oxygen atoms in total. The fourth-order valence-corrected chi connectivity index (χ4v) is 1.01. The third-order valence-corrected chi connectivity index (χ3v) is 2.88. The highest BCUT2D eigenvalue weighted by Crippen LogP contribution is 2.21. The Hall–Kier alpha value is -1.36. The van der Waals surface area contributed by atoms with Crippen LogP contribution in [-0.2, 0) is 19.1 Å². The van der Waals surface area contributed by atoms with E-state index in [0.29, 0.717) is 12.0 Å². The summed E-state index contributed by atoms with van der Waals surface area (Å²) in [4.78, 5) is 22.7. The fraction of sp³-hybridized carbons (Fsp3) is 0.714. The molecule has 0 aromatic rings. The van der Waals surface area contributed by atoms with Gasteiger partial charge in [-0.15, -0.1) is 0 Å². The van der Waals surface area contributed by atoms with Crippen molar-refractivity contribution in [1.82, 2.24) is 0 Å². The second-order valence-electron chi connectivity index (χ2n) is 5.19. The Bertz CT molecular complexity index is 333. The highest BCUT2D eigenvalue weighted by molar-refractivity contribution is 5.86. The van der Waals surface area contributed by atoms with Crippen LogP contribution in [0.1, 0.15) is 40.5 Å². The summed E-state index contributed by atoms with van der Waals surface area (Å²) in [5.74, 6) is -0.829. The van der Waals surface area contributed by atoms with Gasteiger partial charge in [-0.1, -0.05) is 13.5 Å². The highest BCUT2D eigenvalue weighted by atomic mass is 16.5. The Kier molecular flexibility index (Phi) is 7.37. The maximum Gasteiger partial charge on any atom is 0.333 e. The molecule has 0 aromatic carbocycles. The van der Waals surface area contributed by atoms with Gasteiger partial charge in [-0.2, -0.15) is 0 Å². The molecule has 0 saturated carbocycles. The van der Waals surface area contributed by atoms with Gasteiger partial charge in [0.2, 0.25) is 0 Å². The predicted molar refractivity (Wildman–Crippen MR) is 71.4 cm³/mol. The molecule has 1 unspecified atom stereocenters. The number of hydrogen-bond donors (Lipinski definition) is 1. The molecular formula is C14H24O5. The summed E-state index contributed by atoms with van der Waals surface area (Å²) in [5, 5.41) is 9.60. The van der Waals surface area contributed by atoms with E-state index in [2.05, 4.69) is 6.58 Å². The molecule has 1 N–H and O–H groups in total. The summed E-state index contributed by atoms with van der Waals surface area (Å²) in [6.07, 6.45) is 0.0475. The van der Waals surface area contributed by atoms with Crippen LogP contribution in [0.3, 0.4) is 0 Å². The van der Waals surface area contributed by atoms with E-state index in [0.717, 1.165) is 0 Å². The van der Waals surface area contributed by atoms with Crippen molar-refractivity contribution < 1.29 is 24.2 Å². The molecule has 0 aliphatic heterocycles. The fourth-order valence-electron chi connectivity index (χ4n) is 1.01. The summed E-state index contributed by atoms with van der Waals surface area (Å²) in [6, 6.07) is 0. The summed E-state index contributed by atoms with van der Waals surface area (Å²) in [7, 11) is 0. The number of rotatable bonds is 8. The van der Waals surface area contributed by atoms with Gasteiger partial charge >= 0.3 is 11.9 Å². The van der Waals surface area contributed by atoms with Gasteiger partial charge in [-0.3, -0.25) is 4.79 Å². The number of carbonyl (C=O) groups is 2. The maximum absolute atomic E-state index is 11.6. The molecule has 0 saturated heterocycles. The van der Waals surface area contributed by atoms with Crippen LogP contribution in [0.25, 0.3) is 0 Å². The lowest BCUT2D eigenvalue weighted by molar-refractivity contribution is -0.158. The number of ether oxygens (including phenoxy) is 2. The highest BCUT2D eigenvalue weighted by Gasteiger charge is 2.27.